The number of ether oxygens (including phenoxy) is 3. The van der Waals surface area contributed by atoms with E-state index < -0.39 is 67.4 Å². The second-order valence-electron chi connectivity index (χ2n) is 19.3. The number of unbranched alkanes of at least 4 members (excludes halogenated alkanes) is 16. The van der Waals surface area contributed by atoms with Crippen molar-refractivity contribution < 1.29 is 49.3 Å². The molecule has 0 aromatic heterocycles. The van der Waals surface area contributed by atoms with Crippen molar-refractivity contribution in [3.05, 3.63) is 109 Å². The second kappa shape index (κ2) is 49.2. The normalized spacial score (nSPS) is 20.2. The quantitative estimate of drug-likeness (QED) is 0.0196. The number of rotatable bonds is 46. The second-order valence-corrected chi connectivity index (χ2v) is 19.3. The van der Waals surface area contributed by atoms with E-state index in [1.165, 1.54) is 77.0 Å². The fraction of sp³-hybridized carbons (Fsp3) is 0.677. The maximum absolute atomic E-state index is 13.4. The summed E-state index contributed by atoms with van der Waals surface area (Å²) in [5.74, 6) is -1.32. The van der Waals surface area contributed by atoms with Crippen LogP contribution in [0.5, 0.6) is 0 Å². The monoisotopic (exact) mass is 1020 g/mol. The van der Waals surface area contributed by atoms with Gasteiger partial charge in [-0.2, -0.15) is 0 Å². The molecule has 1 rings (SSSR count). The van der Waals surface area contributed by atoms with Crippen LogP contribution in [-0.4, -0.2) is 99.6 Å². The number of amides is 1. The lowest BCUT2D eigenvalue weighted by Crippen LogP contribution is -2.61. The van der Waals surface area contributed by atoms with E-state index in [2.05, 4.69) is 105 Å². The summed E-state index contributed by atoms with van der Waals surface area (Å²) >= 11 is 0. The third kappa shape index (κ3) is 37.7. The maximum atomic E-state index is 13.4. The third-order valence-corrected chi connectivity index (χ3v) is 12.7. The Morgan fingerprint density at radius 2 is 0.986 bits per heavy atom. The molecule has 8 atom stereocenters. The van der Waals surface area contributed by atoms with Crippen LogP contribution in [0.3, 0.4) is 0 Å². The van der Waals surface area contributed by atoms with Gasteiger partial charge in [-0.05, 0) is 96.3 Å². The molecule has 11 nitrogen and oxygen atoms in total. The van der Waals surface area contributed by atoms with Gasteiger partial charge in [0, 0.05) is 6.42 Å². The molecule has 1 aliphatic rings. The van der Waals surface area contributed by atoms with Gasteiger partial charge in [0.25, 0.3) is 0 Å². The minimum absolute atomic E-state index is 0.00652. The van der Waals surface area contributed by atoms with E-state index in [0.717, 1.165) is 77.0 Å². The van der Waals surface area contributed by atoms with Crippen LogP contribution >= 0.6 is 0 Å². The Labute approximate surface area is 443 Å². The van der Waals surface area contributed by atoms with E-state index in [0.29, 0.717) is 19.3 Å². The summed E-state index contributed by atoms with van der Waals surface area (Å²) in [5, 5.41) is 56.7. The van der Waals surface area contributed by atoms with Gasteiger partial charge in [0.1, 0.15) is 24.4 Å². The molecule has 1 amide bonds. The molecule has 0 saturated carbocycles. The zero-order valence-corrected chi connectivity index (χ0v) is 45.7. The number of hydrogen-bond donors (Lipinski definition) is 6. The molecule has 1 saturated heterocycles. The molecule has 0 aliphatic carbocycles. The number of carbonyl (C=O) groups is 2. The van der Waals surface area contributed by atoms with Crippen molar-refractivity contribution in [3.8, 4) is 0 Å². The fourth-order valence-electron chi connectivity index (χ4n) is 8.12. The van der Waals surface area contributed by atoms with E-state index in [1.54, 1.807) is 6.08 Å². The van der Waals surface area contributed by atoms with Crippen LogP contribution in [0.4, 0.5) is 0 Å². The van der Waals surface area contributed by atoms with Gasteiger partial charge in [0.05, 0.1) is 25.4 Å². The molecule has 0 aromatic carbocycles. The average Bonchev–Trinajstić information content (AvgIpc) is 3.39. The lowest BCUT2D eigenvalue weighted by atomic mass is 9.99. The summed E-state index contributed by atoms with van der Waals surface area (Å²) in [5.41, 5.74) is 0. The highest BCUT2D eigenvalue weighted by Crippen LogP contribution is 2.26. The number of allylic oxidation sites excluding steroid dienone is 17. The van der Waals surface area contributed by atoms with Crippen molar-refractivity contribution in [2.24, 2.45) is 0 Å². The minimum atomic E-state index is -1.65. The van der Waals surface area contributed by atoms with Crippen molar-refractivity contribution >= 4 is 11.9 Å². The van der Waals surface area contributed by atoms with Crippen LogP contribution in [0.25, 0.3) is 0 Å². The molecular weight excluding hydrogens is 919 g/mol. The van der Waals surface area contributed by atoms with Crippen molar-refractivity contribution in [1.82, 2.24) is 5.32 Å². The Hall–Kier alpha value is -3.68. The Morgan fingerprint density at radius 1 is 0.548 bits per heavy atom. The highest BCUT2D eigenvalue weighted by Gasteiger charge is 2.47. The van der Waals surface area contributed by atoms with Crippen molar-refractivity contribution in [1.29, 1.82) is 0 Å². The zero-order chi connectivity index (χ0) is 53.3. The number of aliphatic hydroxyl groups is 5. The Balaban J connectivity index is 2.79. The van der Waals surface area contributed by atoms with Gasteiger partial charge in [-0.3, -0.25) is 9.59 Å². The number of hydrogen-bond acceptors (Lipinski definition) is 10. The summed E-state index contributed by atoms with van der Waals surface area (Å²) in [6.45, 7) is 5.57. The Kier molecular flexibility index (Phi) is 45.4. The molecule has 1 heterocycles. The lowest BCUT2D eigenvalue weighted by Gasteiger charge is -2.41. The van der Waals surface area contributed by atoms with E-state index in [-0.39, 0.29) is 19.4 Å². The predicted octanol–water partition coefficient (Wildman–Crippen LogP) is 12.9. The van der Waals surface area contributed by atoms with Crippen LogP contribution in [0.15, 0.2) is 109 Å². The third-order valence-electron chi connectivity index (χ3n) is 12.7. The first-order chi connectivity index (χ1) is 35.7. The van der Waals surface area contributed by atoms with Crippen molar-refractivity contribution in [2.75, 3.05) is 13.2 Å². The van der Waals surface area contributed by atoms with Gasteiger partial charge >= 0.3 is 5.97 Å². The molecule has 1 fully saturated rings. The van der Waals surface area contributed by atoms with E-state index in [9.17, 15) is 35.1 Å². The van der Waals surface area contributed by atoms with Gasteiger partial charge < -0.3 is 45.1 Å². The van der Waals surface area contributed by atoms with Gasteiger partial charge in [0.2, 0.25) is 5.91 Å². The zero-order valence-electron chi connectivity index (χ0n) is 45.7. The van der Waals surface area contributed by atoms with Gasteiger partial charge in [-0.1, -0.05) is 214 Å². The van der Waals surface area contributed by atoms with Crippen LogP contribution < -0.4 is 5.32 Å². The summed E-state index contributed by atoms with van der Waals surface area (Å²) in [4.78, 5) is 26.4. The Morgan fingerprint density at radius 3 is 1.48 bits per heavy atom. The van der Waals surface area contributed by atoms with Crippen LogP contribution in [0.2, 0.25) is 0 Å². The molecule has 0 bridgehead atoms. The fourth-order valence-corrected chi connectivity index (χ4v) is 8.12. The first-order valence-corrected chi connectivity index (χ1v) is 28.7. The first kappa shape index (κ1) is 67.3. The Bertz CT molecular complexity index is 1600. The summed E-state index contributed by atoms with van der Waals surface area (Å²) in [6, 6.07) is -1.06. The standard InChI is InChI=1S/C62H103NO10/c1-4-7-10-13-16-19-22-24-25-26-27-28-29-30-32-34-37-40-43-46-49-55(66)61(70)63-53(54(65)48-45-42-39-36-33-21-18-15-12-9-6-3)52-71-62-60(59(69)58(68)56(51-64)72-62)73-57(67)50-47-44-41-38-35-31-23-20-17-14-11-8-5-2/h7,10,16,19,24-25,27-28,30-32,35,37,40-41,44-45,48,53-56,58-60,62,64-66,68-69H,4-6,8-9,11-15,17-18,20-23,26,29,33-34,36,38-39,42-43,46-47,49-52H2,1-3H3,(H,63,70)/b10-7-,19-16-,25-24-,28-27-,32-30-,35-31-,40-37-,44-41+,48-45+. The molecule has 0 spiro atoms. The van der Waals surface area contributed by atoms with Gasteiger partial charge in [0.15, 0.2) is 12.4 Å². The SMILES string of the molecule is CC/C=C\C/C=C\C/C=C\C/C=C\C/C=C\C/C=C\CCCC(O)C(=O)NC(COC1OC(CO)C(O)C(O)C1OC(=O)CC/C=C/C/C=C\CCCCCCCC)C(O)/C=C/CCCCCCCCCCC. The highest BCUT2D eigenvalue weighted by atomic mass is 16.7. The van der Waals surface area contributed by atoms with E-state index >= 15 is 0 Å². The topological polar surface area (TPSA) is 175 Å². The molecule has 6 N–H and O–H groups in total. The summed E-state index contributed by atoms with van der Waals surface area (Å²) in [6.07, 6.45) is 55.8. The van der Waals surface area contributed by atoms with Crippen LogP contribution in [0, 0.1) is 0 Å². The van der Waals surface area contributed by atoms with Crippen LogP contribution in [0.1, 0.15) is 207 Å². The molecule has 73 heavy (non-hydrogen) atoms. The largest absolute Gasteiger partial charge is 0.454 e. The van der Waals surface area contributed by atoms with Crippen molar-refractivity contribution in [3.63, 3.8) is 0 Å². The molecule has 8 unspecified atom stereocenters. The number of carbonyl (C=O) groups excluding carboxylic acids is 2. The molecular formula is C62H103NO10. The molecule has 0 radical (unpaired) electrons. The number of esters is 1. The van der Waals surface area contributed by atoms with E-state index in [4.69, 9.17) is 14.2 Å². The van der Waals surface area contributed by atoms with E-state index in [1.807, 2.05) is 24.3 Å². The molecule has 11 heteroatoms. The molecule has 1 aliphatic heterocycles. The number of nitrogens with one attached hydrogen (secondary N) is 1. The maximum Gasteiger partial charge on any atom is 0.306 e. The highest BCUT2D eigenvalue weighted by molar-refractivity contribution is 5.80. The summed E-state index contributed by atoms with van der Waals surface area (Å²) in [7, 11) is 0. The van der Waals surface area contributed by atoms with Crippen LogP contribution in [-0.2, 0) is 23.8 Å². The summed E-state index contributed by atoms with van der Waals surface area (Å²) < 4.78 is 17.5. The average molecular weight is 1020 g/mol. The minimum Gasteiger partial charge on any atom is -0.454 e. The van der Waals surface area contributed by atoms with Crippen molar-refractivity contribution in [2.45, 2.75) is 256 Å². The first-order valence-electron chi connectivity index (χ1n) is 28.7. The number of aliphatic hydroxyl groups excluding tert-OH is 5. The van der Waals surface area contributed by atoms with Gasteiger partial charge in [-0.15, -0.1) is 0 Å². The lowest BCUT2D eigenvalue weighted by molar-refractivity contribution is -0.305. The predicted molar refractivity (Wildman–Crippen MR) is 301 cm³/mol. The smallest absolute Gasteiger partial charge is 0.306 e. The molecule has 0 aromatic rings. The molecule has 416 valence electrons. The van der Waals surface area contributed by atoms with Gasteiger partial charge in [-0.25, -0.2) is 0 Å².